The molecule has 0 atom stereocenters. The van der Waals surface area contributed by atoms with Crippen molar-refractivity contribution in [2.75, 3.05) is 17.7 Å². The third kappa shape index (κ3) is 4.00. The predicted octanol–water partition coefficient (Wildman–Crippen LogP) is 5.80. The molecule has 0 saturated carbocycles. The van der Waals surface area contributed by atoms with Crippen LogP contribution in [0.15, 0.2) is 59.0 Å². The van der Waals surface area contributed by atoms with Crippen LogP contribution < -0.4 is 15.4 Å². The molecule has 152 valence electrons. The van der Waals surface area contributed by atoms with Gasteiger partial charge in [-0.05, 0) is 54.6 Å². The summed E-state index contributed by atoms with van der Waals surface area (Å²) in [7, 11) is 1.41. The standard InChI is InChI=1S/C21H14ClFN2O4S/c1-28-18-14-10-13(25-20(26)16-8-9-17(22)30-16)6-7-15(14)29-19(18)21(27)24-12-4-2-11(23)3-5-12/h2-10H,1H3,(H,24,27)(H,25,26). The van der Waals surface area contributed by atoms with Crippen molar-refractivity contribution in [3.63, 3.8) is 0 Å². The van der Waals surface area contributed by atoms with Crippen molar-refractivity contribution in [3.05, 3.63) is 75.4 Å². The van der Waals surface area contributed by atoms with Crippen LogP contribution in [0.4, 0.5) is 15.8 Å². The van der Waals surface area contributed by atoms with Crippen LogP contribution in [0.1, 0.15) is 20.2 Å². The Morgan fingerprint density at radius 3 is 2.37 bits per heavy atom. The van der Waals surface area contributed by atoms with Crippen LogP contribution in [0.2, 0.25) is 4.34 Å². The molecule has 6 nitrogen and oxygen atoms in total. The van der Waals surface area contributed by atoms with Crippen LogP contribution in [0.5, 0.6) is 5.75 Å². The van der Waals surface area contributed by atoms with Crippen LogP contribution in [-0.4, -0.2) is 18.9 Å². The second-order valence-electron chi connectivity index (χ2n) is 6.19. The summed E-state index contributed by atoms with van der Waals surface area (Å²) in [6, 6.07) is 13.6. The fraction of sp³-hybridized carbons (Fsp3) is 0.0476. The number of hydrogen-bond acceptors (Lipinski definition) is 5. The predicted molar refractivity (Wildman–Crippen MR) is 114 cm³/mol. The number of nitrogens with one attached hydrogen (secondary N) is 2. The molecule has 0 aliphatic rings. The number of fused-ring (bicyclic) bond motifs is 1. The molecule has 2 heterocycles. The van der Waals surface area contributed by atoms with Gasteiger partial charge in [-0.25, -0.2) is 4.39 Å². The average molecular weight is 445 g/mol. The van der Waals surface area contributed by atoms with Gasteiger partial charge in [-0.15, -0.1) is 11.3 Å². The molecule has 0 spiro atoms. The number of ether oxygens (including phenoxy) is 1. The third-order valence-corrected chi connectivity index (χ3v) is 5.44. The van der Waals surface area contributed by atoms with Crippen molar-refractivity contribution in [2.45, 2.75) is 0 Å². The van der Waals surface area contributed by atoms with E-state index >= 15 is 0 Å². The van der Waals surface area contributed by atoms with Crippen molar-refractivity contribution in [1.82, 2.24) is 0 Å². The quantitative estimate of drug-likeness (QED) is 0.407. The molecule has 4 aromatic rings. The van der Waals surface area contributed by atoms with Crippen molar-refractivity contribution < 1.29 is 23.1 Å². The Balaban J connectivity index is 1.61. The van der Waals surface area contributed by atoms with Crippen LogP contribution in [-0.2, 0) is 0 Å². The zero-order valence-corrected chi connectivity index (χ0v) is 17.1. The molecule has 2 aromatic heterocycles. The minimum absolute atomic E-state index is 0.0367. The maximum absolute atomic E-state index is 13.1. The minimum atomic E-state index is -0.548. The molecule has 0 bridgehead atoms. The molecule has 4 rings (SSSR count). The zero-order valence-electron chi connectivity index (χ0n) is 15.5. The molecule has 2 N–H and O–H groups in total. The van der Waals surface area contributed by atoms with Crippen molar-refractivity contribution >= 4 is 57.1 Å². The highest BCUT2D eigenvalue weighted by Crippen LogP contribution is 2.35. The summed E-state index contributed by atoms with van der Waals surface area (Å²) >= 11 is 7.05. The minimum Gasteiger partial charge on any atom is -0.492 e. The number of hydrogen-bond donors (Lipinski definition) is 2. The van der Waals surface area contributed by atoms with Gasteiger partial charge in [-0.2, -0.15) is 0 Å². The van der Waals surface area contributed by atoms with E-state index in [2.05, 4.69) is 10.6 Å². The number of thiophene rings is 1. The first kappa shape index (κ1) is 19.9. The molecular weight excluding hydrogens is 431 g/mol. The Hall–Kier alpha value is -3.36. The monoisotopic (exact) mass is 444 g/mol. The van der Waals surface area contributed by atoms with E-state index in [1.165, 1.54) is 42.7 Å². The van der Waals surface area contributed by atoms with Gasteiger partial charge in [0.1, 0.15) is 11.4 Å². The molecule has 0 fully saturated rings. The summed E-state index contributed by atoms with van der Waals surface area (Å²) in [6.07, 6.45) is 0. The van der Waals surface area contributed by atoms with Crippen LogP contribution in [0.3, 0.4) is 0 Å². The summed E-state index contributed by atoms with van der Waals surface area (Å²) in [5.74, 6) is -1.07. The molecule has 0 saturated heterocycles. The lowest BCUT2D eigenvalue weighted by atomic mass is 10.2. The van der Waals surface area contributed by atoms with Crippen molar-refractivity contribution in [1.29, 1.82) is 0 Å². The van der Waals surface area contributed by atoms with Crippen LogP contribution in [0, 0.1) is 5.82 Å². The summed E-state index contributed by atoms with van der Waals surface area (Å²) in [5, 5.41) is 5.93. The summed E-state index contributed by atoms with van der Waals surface area (Å²) in [4.78, 5) is 25.5. The highest BCUT2D eigenvalue weighted by atomic mass is 35.5. The molecule has 9 heteroatoms. The number of carbonyl (C=O) groups excluding carboxylic acids is 2. The molecule has 0 unspecified atom stereocenters. The van der Waals surface area contributed by atoms with E-state index in [1.54, 1.807) is 30.3 Å². The van der Waals surface area contributed by atoms with Crippen LogP contribution in [0.25, 0.3) is 11.0 Å². The summed E-state index contributed by atoms with van der Waals surface area (Å²) in [6.45, 7) is 0. The van der Waals surface area contributed by atoms with E-state index in [1.807, 2.05) is 0 Å². The van der Waals surface area contributed by atoms with Gasteiger partial charge in [0.2, 0.25) is 5.76 Å². The first-order valence-electron chi connectivity index (χ1n) is 8.69. The third-order valence-electron chi connectivity index (χ3n) is 4.21. The molecule has 2 aromatic carbocycles. The van der Waals surface area contributed by atoms with Gasteiger partial charge >= 0.3 is 0 Å². The smallest absolute Gasteiger partial charge is 0.295 e. The highest BCUT2D eigenvalue weighted by molar-refractivity contribution is 7.18. The Bertz CT molecular complexity index is 1250. The average Bonchev–Trinajstić information content (AvgIpc) is 3.33. The van der Waals surface area contributed by atoms with Crippen molar-refractivity contribution in [3.8, 4) is 5.75 Å². The lowest BCUT2D eigenvalue weighted by Gasteiger charge is -2.05. The SMILES string of the molecule is COc1c(C(=O)Nc2ccc(F)cc2)oc2ccc(NC(=O)c3ccc(Cl)s3)cc12. The molecule has 2 amide bonds. The van der Waals surface area contributed by atoms with E-state index in [0.717, 1.165) is 0 Å². The molecule has 0 radical (unpaired) electrons. The van der Waals surface area contributed by atoms with Gasteiger partial charge in [-0.3, -0.25) is 9.59 Å². The van der Waals surface area contributed by atoms with Gasteiger partial charge < -0.3 is 19.8 Å². The Morgan fingerprint density at radius 1 is 1.00 bits per heavy atom. The van der Waals surface area contributed by atoms with Gasteiger partial charge in [-0.1, -0.05) is 11.6 Å². The second-order valence-corrected chi connectivity index (χ2v) is 7.91. The molecule has 30 heavy (non-hydrogen) atoms. The van der Waals surface area contributed by atoms with Gasteiger partial charge in [0, 0.05) is 11.4 Å². The fourth-order valence-electron chi connectivity index (χ4n) is 2.86. The number of furan rings is 1. The molecular formula is C21H14ClFN2O4S. The van der Waals surface area contributed by atoms with Gasteiger partial charge in [0.05, 0.1) is 21.7 Å². The second kappa shape index (κ2) is 8.17. The zero-order chi connectivity index (χ0) is 21.3. The normalized spacial score (nSPS) is 10.8. The number of methoxy groups -OCH3 is 1. The maximum Gasteiger partial charge on any atom is 0.295 e. The number of rotatable bonds is 5. The van der Waals surface area contributed by atoms with E-state index in [0.29, 0.717) is 31.6 Å². The Kier molecular flexibility index (Phi) is 5.43. The topological polar surface area (TPSA) is 80.6 Å². The number of anilines is 2. The van der Waals surface area contributed by atoms with E-state index in [4.69, 9.17) is 20.8 Å². The lowest BCUT2D eigenvalue weighted by molar-refractivity contribution is 0.0993. The molecule has 0 aliphatic carbocycles. The Morgan fingerprint density at radius 2 is 1.70 bits per heavy atom. The first-order chi connectivity index (χ1) is 14.4. The number of carbonyl (C=O) groups is 2. The maximum atomic E-state index is 13.1. The van der Waals surface area contributed by atoms with E-state index in [9.17, 15) is 14.0 Å². The van der Waals surface area contributed by atoms with Gasteiger partial charge in [0.15, 0.2) is 5.75 Å². The van der Waals surface area contributed by atoms with Crippen molar-refractivity contribution in [2.24, 2.45) is 0 Å². The summed E-state index contributed by atoms with van der Waals surface area (Å²) < 4.78 is 24.6. The lowest BCUT2D eigenvalue weighted by Crippen LogP contribution is -2.12. The summed E-state index contributed by atoms with van der Waals surface area (Å²) in [5.41, 5.74) is 1.32. The number of amides is 2. The van der Waals surface area contributed by atoms with Crippen LogP contribution >= 0.6 is 22.9 Å². The van der Waals surface area contributed by atoms with E-state index < -0.39 is 11.7 Å². The highest BCUT2D eigenvalue weighted by Gasteiger charge is 2.22. The first-order valence-corrected chi connectivity index (χ1v) is 9.88. The fourth-order valence-corrected chi connectivity index (χ4v) is 3.79. The van der Waals surface area contributed by atoms with Gasteiger partial charge in [0.25, 0.3) is 11.8 Å². The Labute approximate surface area is 179 Å². The number of halogens is 2. The van der Waals surface area contributed by atoms with E-state index in [-0.39, 0.29) is 17.4 Å². The largest absolute Gasteiger partial charge is 0.492 e. The molecule has 0 aliphatic heterocycles. The number of benzene rings is 2.